The van der Waals surface area contributed by atoms with Crippen LogP contribution >= 0.6 is 0 Å². The summed E-state index contributed by atoms with van der Waals surface area (Å²) in [5.74, 6) is 1.56. The third-order valence-electron chi connectivity index (χ3n) is 3.75. The minimum absolute atomic E-state index is 0.0918. The van der Waals surface area contributed by atoms with Crippen LogP contribution in [0.4, 0.5) is 0 Å². The molecule has 8 heteroatoms. The van der Waals surface area contributed by atoms with E-state index in [4.69, 9.17) is 5.14 Å². The molecule has 1 saturated heterocycles. The van der Waals surface area contributed by atoms with Gasteiger partial charge in [-0.25, -0.2) is 23.2 Å². The van der Waals surface area contributed by atoms with E-state index < -0.39 is 10.0 Å². The molecule has 1 aliphatic heterocycles. The highest BCUT2D eigenvalue weighted by Crippen LogP contribution is 2.17. The Hall–Kier alpha value is -1.77. The van der Waals surface area contributed by atoms with Crippen molar-refractivity contribution in [2.45, 2.75) is 31.2 Å². The SMILES string of the molecule is Cc1nc(CN2CCCC2)n(-c2ccc(S(N)(=O)=O)cc2)n1. The zero-order valence-corrected chi connectivity index (χ0v) is 13.3. The van der Waals surface area contributed by atoms with Gasteiger partial charge < -0.3 is 0 Å². The molecule has 7 nitrogen and oxygen atoms in total. The maximum Gasteiger partial charge on any atom is 0.238 e. The van der Waals surface area contributed by atoms with Crippen LogP contribution in [0.25, 0.3) is 5.69 Å². The summed E-state index contributed by atoms with van der Waals surface area (Å²) in [4.78, 5) is 6.93. The van der Waals surface area contributed by atoms with Gasteiger partial charge in [0.1, 0.15) is 11.6 Å². The van der Waals surface area contributed by atoms with Gasteiger partial charge >= 0.3 is 0 Å². The van der Waals surface area contributed by atoms with Crippen LogP contribution in [-0.4, -0.2) is 41.2 Å². The van der Waals surface area contributed by atoms with Gasteiger partial charge in [-0.05, 0) is 57.1 Å². The molecule has 1 aromatic heterocycles. The van der Waals surface area contributed by atoms with Gasteiger partial charge in [-0.2, -0.15) is 5.10 Å². The van der Waals surface area contributed by atoms with Crippen molar-refractivity contribution in [3.63, 3.8) is 0 Å². The highest BCUT2D eigenvalue weighted by molar-refractivity contribution is 7.89. The molecule has 2 N–H and O–H groups in total. The third-order valence-corrected chi connectivity index (χ3v) is 4.68. The molecule has 22 heavy (non-hydrogen) atoms. The van der Waals surface area contributed by atoms with E-state index in [1.54, 1.807) is 16.8 Å². The summed E-state index contributed by atoms with van der Waals surface area (Å²) in [5, 5.41) is 9.53. The smallest absolute Gasteiger partial charge is 0.238 e. The summed E-state index contributed by atoms with van der Waals surface area (Å²) in [5.41, 5.74) is 0.780. The fourth-order valence-electron chi connectivity index (χ4n) is 2.69. The Morgan fingerprint density at radius 2 is 1.82 bits per heavy atom. The number of sulfonamides is 1. The van der Waals surface area contributed by atoms with E-state index in [1.165, 1.54) is 25.0 Å². The van der Waals surface area contributed by atoms with Gasteiger partial charge in [-0.3, -0.25) is 4.90 Å². The lowest BCUT2D eigenvalue weighted by Crippen LogP contribution is -2.21. The molecule has 1 fully saturated rings. The molecule has 2 aromatic rings. The molecule has 0 saturated carbocycles. The minimum Gasteiger partial charge on any atom is -0.296 e. The number of rotatable bonds is 4. The van der Waals surface area contributed by atoms with Gasteiger partial charge in [0, 0.05) is 0 Å². The molecular formula is C14H19N5O2S. The Morgan fingerprint density at radius 1 is 1.18 bits per heavy atom. The fraction of sp³-hybridized carbons (Fsp3) is 0.429. The Bertz CT molecular complexity index is 761. The van der Waals surface area contributed by atoms with E-state index in [2.05, 4.69) is 15.0 Å². The monoisotopic (exact) mass is 321 g/mol. The third kappa shape index (κ3) is 3.18. The second-order valence-electron chi connectivity index (χ2n) is 5.51. The van der Waals surface area contributed by atoms with Crippen molar-refractivity contribution in [1.82, 2.24) is 19.7 Å². The highest BCUT2D eigenvalue weighted by Gasteiger charge is 2.17. The molecule has 1 aromatic carbocycles. The molecule has 118 valence electrons. The first kappa shape index (κ1) is 15.1. The van der Waals surface area contributed by atoms with Crippen LogP contribution in [0.3, 0.4) is 0 Å². The molecule has 3 rings (SSSR count). The predicted molar refractivity (Wildman–Crippen MR) is 82.0 cm³/mol. The maximum atomic E-state index is 11.3. The number of aromatic nitrogens is 3. The highest BCUT2D eigenvalue weighted by atomic mass is 32.2. The Labute approximate surface area is 129 Å². The number of hydrogen-bond acceptors (Lipinski definition) is 5. The fourth-order valence-corrected chi connectivity index (χ4v) is 3.20. The molecule has 0 radical (unpaired) electrons. The molecule has 0 spiro atoms. The van der Waals surface area contributed by atoms with E-state index in [-0.39, 0.29) is 4.90 Å². The molecule has 0 bridgehead atoms. The van der Waals surface area contributed by atoms with Crippen molar-refractivity contribution in [2.75, 3.05) is 13.1 Å². The standard InChI is InChI=1S/C14H19N5O2S/c1-11-16-14(10-18-8-2-3-9-18)19(17-11)12-4-6-13(7-5-12)22(15,20)21/h4-7H,2-3,8-10H2,1H3,(H2,15,20,21). The Morgan fingerprint density at radius 3 is 2.41 bits per heavy atom. The van der Waals surface area contributed by atoms with Crippen molar-refractivity contribution >= 4 is 10.0 Å². The minimum atomic E-state index is -3.68. The van der Waals surface area contributed by atoms with E-state index in [9.17, 15) is 8.42 Å². The van der Waals surface area contributed by atoms with E-state index in [1.807, 2.05) is 6.92 Å². The molecule has 0 unspecified atom stereocenters. The summed E-state index contributed by atoms with van der Waals surface area (Å²) < 4.78 is 24.4. The lowest BCUT2D eigenvalue weighted by Gasteiger charge is -2.14. The summed E-state index contributed by atoms with van der Waals surface area (Å²) in [6, 6.07) is 6.37. The molecule has 0 aliphatic carbocycles. The molecule has 0 amide bonds. The van der Waals surface area contributed by atoms with Crippen LogP contribution < -0.4 is 5.14 Å². The van der Waals surface area contributed by atoms with Gasteiger partial charge in [-0.15, -0.1) is 0 Å². The number of nitrogens with zero attached hydrogens (tertiary/aromatic N) is 4. The van der Waals surface area contributed by atoms with Gasteiger partial charge in [0.2, 0.25) is 10.0 Å². The molecule has 0 atom stereocenters. The zero-order chi connectivity index (χ0) is 15.7. The van der Waals surface area contributed by atoms with Crippen molar-refractivity contribution in [3.05, 3.63) is 35.9 Å². The summed E-state index contributed by atoms with van der Waals surface area (Å²) in [6.07, 6.45) is 2.44. The van der Waals surface area contributed by atoms with Crippen LogP contribution in [0.5, 0.6) is 0 Å². The van der Waals surface area contributed by atoms with Gasteiger partial charge in [-0.1, -0.05) is 0 Å². The van der Waals surface area contributed by atoms with E-state index in [0.717, 1.165) is 31.1 Å². The predicted octanol–water partition coefficient (Wildman–Crippen LogP) is 0.819. The maximum absolute atomic E-state index is 11.3. The van der Waals surface area contributed by atoms with Crippen LogP contribution in [0.1, 0.15) is 24.5 Å². The van der Waals surface area contributed by atoms with Crippen molar-refractivity contribution in [1.29, 1.82) is 0 Å². The van der Waals surface area contributed by atoms with Gasteiger partial charge in [0.05, 0.1) is 17.1 Å². The molecule has 2 heterocycles. The normalized spacial score (nSPS) is 16.3. The average Bonchev–Trinajstić information content (AvgIpc) is 3.08. The first-order chi connectivity index (χ1) is 10.4. The van der Waals surface area contributed by atoms with E-state index >= 15 is 0 Å². The first-order valence-corrected chi connectivity index (χ1v) is 8.76. The number of aryl methyl sites for hydroxylation is 1. The number of benzene rings is 1. The summed E-state index contributed by atoms with van der Waals surface area (Å²) in [7, 11) is -3.68. The Balaban J connectivity index is 1.90. The second-order valence-corrected chi connectivity index (χ2v) is 7.07. The first-order valence-electron chi connectivity index (χ1n) is 7.21. The van der Waals surface area contributed by atoms with Crippen molar-refractivity contribution < 1.29 is 8.42 Å². The van der Waals surface area contributed by atoms with Crippen molar-refractivity contribution in [3.8, 4) is 5.69 Å². The summed E-state index contributed by atoms with van der Waals surface area (Å²) in [6.45, 7) is 4.76. The number of likely N-dealkylation sites (tertiary alicyclic amines) is 1. The topological polar surface area (TPSA) is 94.1 Å². The van der Waals surface area contributed by atoms with E-state index in [0.29, 0.717) is 5.82 Å². The number of primary sulfonamides is 1. The van der Waals surface area contributed by atoms with Crippen LogP contribution in [0, 0.1) is 6.92 Å². The van der Waals surface area contributed by atoms with Crippen molar-refractivity contribution in [2.24, 2.45) is 5.14 Å². The van der Waals surface area contributed by atoms with Gasteiger partial charge in [0.25, 0.3) is 0 Å². The summed E-state index contributed by atoms with van der Waals surface area (Å²) >= 11 is 0. The van der Waals surface area contributed by atoms with Gasteiger partial charge in [0.15, 0.2) is 0 Å². The lowest BCUT2D eigenvalue weighted by molar-refractivity contribution is 0.319. The zero-order valence-electron chi connectivity index (χ0n) is 12.4. The van der Waals surface area contributed by atoms with Crippen LogP contribution in [-0.2, 0) is 16.6 Å². The average molecular weight is 321 g/mol. The molecular weight excluding hydrogens is 302 g/mol. The lowest BCUT2D eigenvalue weighted by atomic mass is 10.3. The second kappa shape index (κ2) is 5.79. The Kier molecular flexibility index (Phi) is 3.98. The molecule has 1 aliphatic rings. The quantitative estimate of drug-likeness (QED) is 0.899. The number of nitrogens with two attached hydrogens (primary N) is 1. The van der Waals surface area contributed by atoms with Crippen LogP contribution in [0.2, 0.25) is 0 Å². The van der Waals surface area contributed by atoms with Crippen LogP contribution in [0.15, 0.2) is 29.2 Å². The number of hydrogen-bond donors (Lipinski definition) is 1. The largest absolute Gasteiger partial charge is 0.296 e.